The molecule has 104 valence electrons. The summed E-state index contributed by atoms with van der Waals surface area (Å²) in [5.41, 5.74) is 0.599. The molecule has 0 bridgehead atoms. The molecule has 0 aliphatic heterocycles. The number of carboxylic acids is 1. The molecule has 19 heavy (non-hydrogen) atoms. The predicted octanol–water partition coefficient (Wildman–Crippen LogP) is 2.00. The molecule has 0 heterocycles. The predicted molar refractivity (Wildman–Crippen MR) is 77.5 cm³/mol. The van der Waals surface area contributed by atoms with E-state index in [1.54, 1.807) is 25.1 Å². The number of nitrogens with one attached hydrogen (secondary N) is 1. The summed E-state index contributed by atoms with van der Waals surface area (Å²) >= 11 is 3.28. The normalized spacial score (nSPS) is 13.6. The van der Waals surface area contributed by atoms with Crippen molar-refractivity contribution >= 4 is 44.3 Å². The maximum atomic E-state index is 11.7. The number of benzene rings is 1. The molecule has 0 aliphatic rings. The van der Waals surface area contributed by atoms with Crippen LogP contribution in [0.5, 0.6) is 0 Å². The van der Waals surface area contributed by atoms with Gasteiger partial charge in [0.25, 0.3) is 0 Å². The van der Waals surface area contributed by atoms with Crippen LogP contribution in [0.1, 0.15) is 13.3 Å². The smallest absolute Gasteiger partial charge is 0.304 e. The molecule has 0 spiro atoms. The van der Waals surface area contributed by atoms with E-state index in [1.807, 2.05) is 6.07 Å². The summed E-state index contributed by atoms with van der Waals surface area (Å²) in [6.07, 6.45) is -0.212. The van der Waals surface area contributed by atoms with E-state index in [9.17, 15) is 13.8 Å². The van der Waals surface area contributed by atoms with E-state index in [-0.39, 0.29) is 12.2 Å². The third kappa shape index (κ3) is 5.98. The molecule has 0 aromatic heterocycles. The Kier molecular flexibility index (Phi) is 6.17. The molecule has 0 radical (unpaired) electrons. The SMILES string of the molecule is CC(CC(=O)O)S(=O)CC(=O)Nc1cccc(Br)c1. The molecule has 2 N–H and O–H groups in total. The van der Waals surface area contributed by atoms with Gasteiger partial charge in [-0.15, -0.1) is 0 Å². The third-order valence-electron chi connectivity index (χ3n) is 2.29. The van der Waals surface area contributed by atoms with Gasteiger partial charge in [0.1, 0.15) is 5.75 Å². The van der Waals surface area contributed by atoms with Gasteiger partial charge in [0.15, 0.2) is 0 Å². The highest BCUT2D eigenvalue weighted by Crippen LogP contribution is 2.15. The van der Waals surface area contributed by atoms with Crippen LogP contribution < -0.4 is 5.32 Å². The van der Waals surface area contributed by atoms with Crippen molar-refractivity contribution < 1.29 is 18.9 Å². The fourth-order valence-corrected chi connectivity index (χ4v) is 2.72. The zero-order valence-corrected chi connectivity index (χ0v) is 12.7. The van der Waals surface area contributed by atoms with Crippen LogP contribution in [0.25, 0.3) is 0 Å². The zero-order valence-electron chi connectivity index (χ0n) is 10.3. The van der Waals surface area contributed by atoms with Crippen LogP contribution in [0.3, 0.4) is 0 Å². The lowest BCUT2D eigenvalue weighted by Gasteiger charge is -2.09. The highest BCUT2D eigenvalue weighted by molar-refractivity contribution is 9.10. The second-order valence-corrected chi connectivity index (χ2v) is 6.76. The molecule has 0 fully saturated rings. The zero-order chi connectivity index (χ0) is 14.4. The van der Waals surface area contributed by atoms with Crippen molar-refractivity contribution in [1.82, 2.24) is 0 Å². The minimum Gasteiger partial charge on any atom is -0.481 e. The number of hydrogen-bond donors (Lipinski definition) is 2. The van der Waals surface area contributed by atoms with E-state index < -0.39 is 27.9 Å². The minimum atomic E-state index is -1.50. The standard InChI is InChI=1S/C12H14BrNO4S/c1-8(5-12(16)17)19(18)7-11(15)14-10-4-2-3-9(13)6-10/h2-4,6,8H,5,7H2,1H3,(H,14,15)(H,16,17). The van der Waals surface area contributed by atoms with E-state index in [4.69, 9.17) is 5.11 Å². The number of halogens is 1. The second-order valence-electron chi connectivity index (χ2n) is 3.99. The molecule has 2 unspecified atom stereocenters. The number of rotatable bonds is 6. The van der Waals surface area contributed by atoms with E-state index in [2.05, 4.69) is 21.2 Å². The molecular formula is C12H14BrNO4S. The summed E-state index contributed by atoms with van der Waals surface area (Å²) in [6, 6.07) is 7.03. The Balaban J connectivity index is 2.51. The molecule has 5 nitrogen and oxygen atoms in total. The van der Waals surface area contributed by atoms with Crippen LogP contribution >= 0.6 is 15.9 Å². The van der Waals surface area contributed by atoms with Crippen molar-refractivity contribution in [3.8, 4) is 0 Å². The van der Waals surface area contributed by atoms with Gasteiger partial charge >= 0.3 is 5.97 Å². The van der Waals surface area contributed by atoms with Crippen LogP contribution in [0.4, 0.5) is 5.69 Å². The summed E-state index contributed by atoms with van der Waals surface area (Å²) < 4.78 is 12.5. The number of amides is 1. The number of hydrogen-bond acceptors (Lipinski definition) is 3. The van der Waals surface area contributed by atoms with Gasteiger partial charge in [-0.2, -0.15) is 0 Å². The lowest BCUT2D eigenvalue weighted by molar-refractivity contribution is -0.136. The first-order chi connectivity index (χ1) is 8.88. The average Bonchev–Trinajstić information content (AvgIpc) is 2.27. The number of carbonyl (C=O) groups is 2. The highest BCUT2D eigenvalue weighted by atomic mass is 79.9. The van der Waals surface area contributed by atoms with Gasteiger partial charge in [-0.3, -0.25) is 13.8 Å². The van der Waals surface area contributed by atoms with E-state index in [0.29, 0.717) is 5.69 Å². The fraction of sp³-hybridized carbons (Fsp3) is 0.333. The van der Waals surface area contributed by atoms with Crippen LogP contribution in [-0.2, 0) is 20.4 Å². The van der Waals surface area contributed by atoms with E-state index >= 15 is 0 Å². The summed E-state index contributed by atoms with van der Waals surface area (Å²) in [7, 11) is -1.50. The summed E-state index contributed by atoms with van der Waals surface area (Å²) in [5.74, 6) is -1.62. The Morgan fingerprint density at radius 3 is 2.74 bits per heavy atom. The second kappa shape index (κ2) is 7.40. The Morgan fingerprint density at radius 2 is 2.16 bits per heavy atom. The van der Waals surface area contributed by atoms with Crippen molar-refractivity contribution in [3.05, 3.63) is 28.7 Å². The Labute approximate surface area is 122 Å². The van der Waals surface area contributed by atoms with Gasteiger partial charge in [-0.1, -0.05) is 28.9 Å². The first kappa shape index (κ1) is 15.8. The Morgan fingerprint density at radius 1 is 1.47 bits per heavy atom. The lowest BCUT2D eigenvalue weighted by atomic mass is 10.3. The summed E-state index contributed by atoms with van der Waals surface area (Å²) in [6.45, 7) is 1.55. The molecule has 7 heteroatoms. The quantitative estimate of drug-likeness (QED) is 0.824. The van der Waals surface area contributed by atoms with Crippen molar-refractivity contribution in [2.75, 3.05) is 11.1 Å². The van der Waals surface area contributed by atoms with Crippen molar-refractivity contribution in [3.63, 3.8) is 0 Å². The molecule has 0 aliphatic carbocycles. The molecule has 1 amide bonds. The molecule has 2 atom stereocenters. The molecule has 1 aromatic carbocycles. The van der Waals surface area contributed by atoms with Crippen molar-refractivity contribution in [2.45, 2.75) is 18.6 Å². The molecule has 0 saturated carbocycles. The van der Waals surface area contributed by atoms with Gasteiger partial charge < -0.3 is 10.4 Å². The van der Waals surface area contributed by atoms with Gasteiger partial charge in [-0.25, -0.2) is 0 Å². The highest BCUT2D eigenvalue weighted by Gasteiger charge is 2.18. The number of aliphatic carboxylic acids is 1. The van der Waals surface area contributed by atoms with Crippen LogP contribution in [0.15, 0.2) is 28.7 Å². The third-order valence-corrected chi connectivity index (χ3v) is 4.40. The Hall–Kier alpha value is -1.21. The van der Waals surface area contributed by atoms with Crippen molar-refractivity contribution in [1.29, 1.82) is 0 Å². The molecular weight excluding hydrogens is 334 g/mol. The largest absolute Gasteiger partial charge is 0.481 e. The molecule has 1 rings (SSSR count). The maximum Gasteiger partial charge on any atom is 0.304 e. The Bertz CT molecular complexity index is 506. The first-order valence-electron chi connectivity index (χ1n) is 5.53. The average molecular weight is 348 g/mol. The molecule has 1 aromatic rings. The van der Waals surface area contributed by atoms with Gasteiger partial charge in [0.2, 0.25) is 5.91 Å². The van der Waals surface area contributed by atoms with Gasteiger partial charge in [0, 0.05) is 26.2 Å². The summed E-state index contributed by atoms with van der Waals surface area (Å²) in [5, 5.41) is 10.7. The topological polar surface area (TPSA) is 83.5 Å². The summed E-state index contributed by atoms with van der Waals surface area (Å²) in [4.78, 5) is 22.1. The van der Waals surface area contributed by atoms with Crippen LogP contribution in [0.2, 0.25) is 0 Å². The van der Waals surface area contributed by atoms with Crippen molar-refractivity contribution in [2.24, 2.45) is 0 Å². The van der Waals surface area contributed by atoms with Crippen LogP contribution in [0, 0.1) is 0 Å². The van der Waals surface area contributed by atoms with Gasteiger partial charge in [0.05, 0.1) is 6.42 Å². The number of carboxylic acid groups (broad SMARTS) is 1. The lowest BCUT2D eigenvalue weighted by Crippen LogP contribution is -2.26. The maximum absolute atomic E-state index is 11.7. The van der Waals surface area contributed by atoms with E-state index in [1.165, 1.54) is 0 Å². The first-order valence-corrected chi connectivity index (χ1v) is 7.70. The fourth-order valence-electron chi connectivity index (χ4n) is 1.37. The van der Waals surface area contributed by atoms with E-state index in [0.717, 1.165) is 4.47 Å². The van der Waals surface area contributed by atoms with Gasteiger partial charge in [-0.05, 0) is 18.2 Å². The molecule has 0 saturated heterocycles. The number of carbonyl (C=O) groups excluding carboxylic acids is 1. The number of anilines is 1. The monoisotopic (exact) mass is 347 g/mol. The minimum absolute atomic E-state index is 0.207. The van der Waals surface area contributed by atoms with Crippen LogP contribution in [-0.4, -0.2) is 32.2 Å².